The number of hydrogen-bond donors (Lipinski definition) is 2. The molecule has 182 valence electrons. The van der Waals surface area contributed by atoms with E-state index in [0.29, 0.717) is 52.3 Å². The summed E-state index contributed by atoms with van der Waals surface area (Å²) in [6.07, 6.45) is 4.58. The summed E-state index contributed by atoms with van der Waals surface area (Å²) in [7, 11) is 1.52. The van der Waals surface area contributed by atoms with Gasteiger partial charge in [0.1, 0.15) is 5.69 Å². The van der Waals surface area contributed by atoms with E-state index in [4.69, 9.17) is 27.9 Å². The Morgan fingerprint density at radius 3 is 2.66 bits per heavy atom. The number of nitrogens with zero attached hydrogens (tertiary/aromatic N) is 3. The molecule has 2 amide bonds. The van der Waals surface area contributed by atoms with Crippen molar-refractivity contribution in [2.24, 2.45) is 5.92 Å². The van der Waals surface area contributed by atoms with Gasteiger partial charge in [-0.2, -0.15) is 5.10 Å². The Labute approximate surface area is 213 Å². The Bertz CT molecular complexity index is 1250. The summed E-state index contributed by atoms with van der Waals surface area (Å²) in [6.45, 7) is 0.438. The molecule has 35 heavy (non-hydrogen) atoms. The number of methoxy groups -OCH3 is 1. The lowest BCUT2D eigenvalue weighted by atomic mass is 9.89. The molecule has 1 aromatic carbocycles. The first-order valence-electron chi connectivity index (χ1n) is 11.5. The standard InChI is InChI=1S/C25H25Cl2N5O3/c1-35-23-10-19(20(27)13-28-23)21-11-22(31-30-21)25(34)32-17-5-6-18(32)9-15(8-17)24(33)29-12-14-3-2-4-16(26)7-14/h2-4,7,10-11,13,15,17-18H,5-6,8-9,12H2,1H3,(H,29,33)(H,30,31)/t15?,17-,18+. The van der Waals surface area contributed by atoms with Crippen molar-refractivity contribution in [1.29, 1.82) is 0 Å². The second-order valence-corrected chi connectivity index (χ2v) is 9.83. The van der Waals surface area contributed by atoms with Gasteiger partial charge in [-0.05, 0) is 49.4 Å². The molecular formula is C25H25Cl2N5O3. The van der Waals surface area contributed by atoms with Crippen molar-refractivity contribution >= 4 is 35.0 Å². The van der Waals surface area contributed by atoms with E-state index in [1.807, 2.05) is 29.2 Å². The largest absolute Gasteiger partial charge is 0.481 e. The Morgan fingerprint density at radius 1 is 1.17 bits per heavy atom. The maximum absolute atomic E-state index is 13.4. The number of pyridine rings is 1. The Morgan fingerprint density at radius 2 is 1.94 bits per heavy atom. The minimum Gasteiger partial charge on any atom is -0.481 e. The molecule has 0 aliphatic carbocycles. The summed E-state index contributed by atoms with van der Waals surface area (Å²) < 4.78 is 5.17. The predicted molar refractivity (Wildman–Crippen MR) is 132 cm³/mol. The molecule has 0 radical (unpaired) electrons. The SMILES string of the molecule is COc1cc(-c2cc(C(=O)N3[C@@H]4CC[C@H]3CC(C(=O)NCc3cccc(Cl)c3)C4)[nH]n2)c(Cl)cn1. The molecule has 2 fully saturated rings. The van der Waals surface area contributed by atoms with Crippen LogP contribution in [0, 0.1) is 5.92 Å². The van der Waals surface area contributed by atoms with Crippen LogP contribution in [0.2, 0.25) is 10.0 Å². The third-order valence-electron chi connectivity index (χ3n) is 6.82. The summed E-state index contributed by atoms with van der Waals surface area (Å²) in [5.74, 6) is 0.218. The second-order valence-electron chi connectivity index (χ2n) is 8.99. The number of piperidine rings is 1. The zero-order chi connectivity index (χ0) is 24.5. The number of ether oxygens (including phenoxy) is 1. The van der Waals surface area contributed by atoms with Crippen molar-refractivity contribution in [1.82, 2.24) is 25.4 Å². The van der Waals surface area contributed by atoms with Gasteiger partial charge in [0.15, 0.2) is 0 Å². The number of halogens is 2. The van der Waals surface area contributed by atoms with E-state index in [9.17, 15) is 9.59 Å². The Balaban J connectivity index is 1.25. The number of benzene rings is 1. The van der Waals surface area contributed by atoms with Crippen LogP contribution in [-0.4, -0.2) is 51.1 Å². The zero-order valence-corrected chi connectivity index (χ0v) is 20.6. The number of fused-ring (bicyclic) bond motifs is 2. The van der Waals surface area contributed by atoms with Gasteiger partial charge in [-0.1, -0.05) is 35.3 Å². The first-order valence-corrected chi connectivity index (χ1v) is 12.3. The van der Waals surface area contributed by atoms with Crippen LogP contribution in [0.1, 0.15) is 41.7 Å². The summed E-state index contributed by atoms with van der Waals surface area (Å²) in [5, 5.41) is 11.3. The fourth-order valence-electron chi connectivity index (χ4n) is 5.14. The molecule has 3 atom stereocenters. The van der Waals surface area contributed by atoms with Gasteiger partial charge in [0.2, 0.25) is 11.8 Å². The lowest BCUT2D eigenvalue weighted by molar-refractivity contribution is -0.127. The zero-order valence-electron chi connectivity index (χ0n) is 19.1. The highest BCUT2D eigenvalue weighted by molar-refractivity contribution is 6.33. The van der Waals surface area contributed by atoms with Gasteiger partial charge >= 0.3 is 0 Å². The van der Waals surface area contributed by atoms with Crippen molar-refractivity contribution < 1.29 is 14.3 Å². The molecular weight excluding hydrogens is 489 g/mol. The number of aromatic nitrogens is 3. The van der Waals surface area contributed by atoms with Crippen molar-refractivity contribution in [3.05, 3.63) is 63.9 Å². The number of carbonyl (C=O) groups is 2. The van der Waals surface area contributed by atoms with Gasteiger partial charge < -0.3 is 15.0 Å². The molecule has 8 nitrogen and oxygen atoms in total. The topological polar surface area (TPSA) is 100 Å². The average Bonchev–Trinajstić information content (AvgIpc) is 3.45. The van der Waals surface area contributed by atoms with Gasteiger partial charge in [-0.3, -0.25) is 14.7 Å². The molecule has 5 rings (SSSR count). The molecule has 0 saturated carbocycles. The number of carbonyl (C=O) groups excluding carboxylic acids is 2. The van der Waals surface area contributed by atoms with Crippen molar-refractivity contribution in [2.75, 3.05) is 7.11 Å². The smallest absolute Gasteiger partial charge is 0.272 e. The van der Waals surface area contributed by atoms with Crippen LogP contribution in [0.15, 0.2) is 42.6 Å². The highest BCUT2D eigenvalue weighted by Gasteiger charge is 2.45. The first kappa shape index (κ1) is 23.6. The van der Waals surface area contributed by atoms with E-state index in [1.165, 1.54) is 13.3 Å². The van der Waals surface area contributed by atoms with E-state index < -0.39 is 0 Å². The summed E-state index contributed by atoms with van der Waals surface area (Å²) in [6, 6.07) is 10.9. The number of nitrogens with one attached hydrogen (secondary N) is 2. The van der Waals surface area contributed by atoms with Gasteiger partial charge in [-0.15, -0.1) is 0 Å². The van der Waals surface area contributed by atoms with E-state index in [2.05, 4.69) is 20.5 Å². The molecule has 3 aromatic rings. The van der Waals surface area contributed by atoms with E-state index in [0.717, 1.165) is 18.4 Å². The number of amides is 2. The van der Waals surface area contributed by atoms with Gasteiger partial charge in [0, 0.05) is 41.2 Å². The highest BCUT2D eigenvalue weighted by atomic mass is 35.5. The Kier molecular flexibility index (Phi) is 6.67. The molecule has 2 aromatic heterocycles. The summed E-state index contributed by atoms with van der Waals surface area (Å²) in [4.78, 5) is 32.3. The number of hydrogen-bond acceptors (Lipinski definition) is 5. The minimum atomic E-state index is -0.115. The summed E-state index contributed by atoms with van der Waals surface area (Å²) in [5.41, 5.74) is 2.53. The quantitative estimate of drug-likeness (QED) is 0.505. The van der Waals surface area contributed by atoms with Crippen molar-refractivity contribution in [2.45, 2.75) is 44.3 Å². The Hall–Kier alpha value is -3.10. The van der Waals surface area contributed by atoms with Crippen LogP contribution < -0.4 is 10.1 Å². The molecule has 1 unspecified atom stereocenters. The lowest BCUT2D eigenvalue weighted by Gasteiger charge is -2.38. The maximum Gasteiger partial charge on any atom is 0.272 e. The maximum atomic E-state index is 13.4. The van der Waals surface area contributed by atoms with Crippen LogP contribution in [0.3, 0.4) is 0 Å². The monoisotopic (exact) mass is 513 g/mol. The molecule has 2 N–H and O–H groups in total. The molecule has 2 saturated heterocycles. The van der Waals surface area contributed by atoms with Crippen LogP contribution in [0.5, 0.6) is 5.88 Å². The normalized spacial score (nSPS) is 21.1. The van der Waals surface area contributed by atoms with Gasteiger partial charge in [0.25, 0.3) is 5.91 Å². The predicted octanol–water partition coefficient (Wildman–Crippen LogP) is 4.49. The minimum absolute atomic E-state index is 0.0269. The van der Waals surface area contributed by atoms with Crippen molar-refractivity contribution in [3.8, 4) is 17.1 Å². The van der Waals surface area contributed by atoms with E-state index in [-0.39, 0.29) is 29.8 Å². The highest BCUT2D eigenvalue weighted by Crippen LogP contribution is 2.40. The van der Waals surface area contributed by atoms with Gasteiger partial charge in [0.05, 0.1) is 24.0 Å². The molecule has 2 aliphatic heterocycles. The third kappa shape index (κ3) is 4.86. The van der Waals surface area contributed by atoms with Crippen LogP contribution in [-0.2, 0) is 11.3 Å². The number of rotatable bonds is 6. The average molecular weight is 514 g/mol. The lowest BCUT2D eigenvalue weighted by Crippen LogP contribution is -2.49. The third-order valence-corrected chi connectivity index (χ3v) is 7.35. The van der Waals surface area contributed by atoms with Crippen molar-refractivity contribution in [3.63, 3.8) is 0 Å². The molecule has 2 aliphatic rings. The van der Waals surface area contributed by atoms with Crippen LogP contribution in [0.25, 0.3) is 11.3 Å². The fraction of sp³-hybridized carbons (Fsp3) is 0.360. The molecule has 10 heteroatoms. The van der Waals surface area contributed by atoms with E-state index in [1.54, 1.807) is 12.1 Å². The number of aromatic amines is 1. The van der Waals surface area contributed by atoms with Crippen LogP contribution >= 0.6 is 23.2 Å². The number of H-pyrrole nitrogens is 1. The molecule has 0 spiro atoms. The summed E-state index contributed by atoms with van der Waals surface area (Å²) >= 11 is 12.3. The van der Waals surface area contributed by atoms with Crippen LogP contribution in [0.4, 0.5) is 0 Å². The fourth-order valence-corrected chi connectivity index (χ4v) is 5.55. The second kappa shape index (κ2) is 9.87. The van der Waals surface area contributed by atoms with Gasteiger partial charge in [-0.25, -0.2) is 4.98 Å². The van der Waals surface area contributed by atoms with E-state index >= 15 is 0 Å². The molecule has 4 heterocycles. The first-order chi connectivity index (χ1) is 16.9. The molecule has 2 bridgehead atoms.